The summed E-state index contributed by atoms with van der Waals surface area (Å²) in [6.45, 7) is 0.497. The molecule has 1 aromatic carbocycles. The molecule has 7 heteroatoms. The third-order valence-electron chi connectivity index (χ3n) is 4.15. The summed E-state index contributed by atoms with van der Waals surface area (Å²) in [7, 11) is -3.64. The summed E-state index contributed by atoms with van der Waals surface area (Å²) in [6, 6.07) is 8.31. The normalized spacial score (nSPS) is 22.0. The van der Waals surface area contributed by atoms with E-state index >= 15 is 0 Å². The minimum Gasteiger partial charge on any atom is -0.356 e. The lowest BCUT2D eigenvalue weighted by atomic mass is 10.1. The van der Waals surface area contributed by atoms with Gasteiger partial charge in [-0.2, -0.15) is 0 Å². The SMILES string of the molecule is NCC1CCCC1NS(=O)(=O)c1ccccc1-c1ccno1. The molecule has 118 valence electrons. The van der Waals surface area contributed by atoms with Gasteiger partial charge in [-0.15, -0.1) is 0 Å². The molecule has 1 heterocycles. The fourth-order valence-electron chi connectivity index (χ4n) is 3.00. The lowest BCUT2D eigenvalue weighted by Crippen LogP contribution is -2.39. The number of hydrogen-bond donors (Lipinski definition) is 2. The van der Waals surface area contributed by atoms with E-state index in [9.17, 15) is 8.42 Å². The van der Waals surface area contributed by atoms with Crippen LogP contribution in [0, 0.1) is 5.92 Å². The number of aromatic nitrogens is 1. The van der Waals surface area contributed by atoms with Gasteiger partial charge in [0, 0.05) is 17.7 Å². The van der Waals surface area contributed by atoms with E-state index in [2.05, 4.69) is 9.88 Å². The van der Waals surface area contributed by atoms with Crippen molar-refractivity contribution in [2.45, 2.75) is 30.2 Å². The highest BCUT2D eigenvalue weighted by atomic mass is 32.2. The predicted octanol–water partition coefficient (Wildman–Crippen LogP) is 1.75. The van der Waals surface area contributed by atoms with Crippen LogP contribution in [0.3, 0.4) is 0 Å². The second kappa shape index (κ2) is 6.20. The molecule has 1 aromatic heterocycles. The molecule has 0 aliphatic heterocycles. The third kappa shape index (κ3) is 2.92. The van der Waals surface area contributed by atoms with E-state index in [1.54, 1.807) is 30.3 Å². The van der Waals surface area contributed by atoms with E-state index in [0.29, 0.717) is 17.9 Å². The van der Waals surface area contributed by atoms with Gasteiger partial charge in [-0.05, 0) is 37.4 Å². The molecule has 3 N–H and O–H groups in total. The van der Waals surface area contributed by atoms with Crippen molar-refractivity contribution in [3.05, 3.63) is 36.5 Å². The maximum atomic E-state index is 12.8. The van der Waals surface area contributed by atoms with Gasteiger partial charge in [0.1, 0.15) is 0 Å². The fraction of sp³-hybridized carbons (Fsp3) is 0.400. The van der Waals surface area contributed by atoms with Gasteiger partial charge in [0.15, 0.2) is 5.76 Å². The highest BCUT2D eigenvalue weighted by Crippen LogP contribution is 2.30. The second-order valence-electron chi connectivity index (χ2n) is 5.53. The summed E-state index contributed by atoms with van der Waals surface area (Å²) in [5.74, 6) is 0.634. The minimum atomic E-state index is -3.64. The Balaban J connectivity index is 1.93. The quantitative estimate of drug-likeness (QED) is 0.874. The Morgan fingerprint density at radius 3 is 2.82 bits per heavy atom. The molecule has 0 spiro atoms. The molecule has 6 nitrogen and oxygen atoms in total. The lowest BCUT2D eigenvalue weighted by Gasteiger charge is -2.20. The Bertz CT molecular complexity index is 728. The van der Waals surface area contributed by atoms with Crippen molar-refractivity contribution in [2.24, 2.45) is 11.7 Å². The molecule has 1 fully saturated rings. The number of sulfonamides is 1. The van der Waals surface area contributed by atoms with Gasteiger partial charge >= 0.3 is 0 Å². The van der Waals surface area contributed by atoms with E-state index in [1.165, 1.54) is 6.20 Å². The number of nitrogens with one attached hydrogen (secondary N) is 1. The molecule has 2 atom stereocenters. The molecule has 1 saturated carbocycles. The van der Waals surface area contributed by atoms with Crippen LogP contribution in [-0.4, -0.2) is 26.2 Å². The van der Waals surface area contributed by atoms with Crippen molar-refractivity contribution in [3.8, 4) is 11.3 Å². The molecular weight excluding hydrogens is 302 g/mol. The number of benzene rings is 1. The minimum absolute atomic E-state index is 0.0993. The zero-order valence-corrected chi connectivity index (χ0v) is 12.9. The smallest absolute Gasteiger partial charge is 0.241 e. The third-order valence-corrected chi connectivity index (χ3v) is 5.70. The zero-order chi connectivity index (χ0) is 15.6. The molecular formula is C15H19N3O3S. The van der Waals surface area contributed by atoms with Gasteiger partial charge in [-0.25, -0.2) is 13.1 Å². The van der Waals surface area contributed by atoms with Crippen LogP contribution in [0.1, 0.15) is 19.3 Å². The predicted molar refractivity (Wildman–Crippen MR) is 82.4 cm³/mol. The van der Waals surface area contributed by atoms with E-state index < -0.39 is 10.0 Å². The van der Waals surface area contributed by atoms with Gasteiger partial charge in [0.05, 0.1) is 11.1 Å². The first-order chi connectivity index (χ1) is 10.6. The monoisotopic (exact) mass is 321 g/mol. The molecule has 0 bridgehead atoms. The molecule has 1 aliphatic carbocycles. The molecule has 2 unspecified atom stereocenters. The summed E-state index contributed by atoms with van der Waals surface area (Å²) < 4.78 is 33.4. The maximum Gasteiger partial charge on any atom is 0.241 e. The van der Waals surface area contributed by atoms with Crippen LogP contribution in [0.5, 0.6) is 0 Å². The number of rotatable bonds is 5. The van der Waals surface area contributed by atoms with Crippen molar-refractivity contribution in [1.82, 2.24) is 9.88 Å². The van der Waals surface area contributed by atoms with E-state index in [-0.39, 0.29) is 16.9 Å². The summed E-state index contributed by atoms with van der Waals surface area (Å²) in [4.78, 5) is 0.203. The first kappa shape index (κ1) is 15.2. The van der Waals surface area contributed by atoms with Gasteiger partial charge in [-0.3, -0.25) is 0 Å². The van der Waals surface area contributed by atoms with Crippen molar-refractivity contribution in [2.75, 3.05) is 6.54 Å². The standard InChI is InChI=1S/C15H19N3O3S/c16-10-11-4-3-6-13(11)18-22(19,20)15-7-2-1-5-12(15)14-8-9-17-21-14/h1-2,5,7-9,11,13,18H,3-4,6,10,16H2. The Morgan fingerprint density at radius 2 is 2.09 bits per heavy atom. The average Bonchev–Trinajstić information content (AvgIpc) is 3.18. The number of hydrogen-bond acceptors (Lipinski definition) is 5. The van der Waals surface area contributed by atoms with Crippen molar-refractivity contribution < 1.29 is 12.9 Å². The molecule has 0 saturated heterocycles. The molecule has 0 radical (unpaired) electrons. The fourth-order valence-corrected chi connectivity index (χ4v) is 4.55. The molecule has 2 aromatic rings. The van der Waals surface area contributed by atoms with Gasteiger partial charge < -0.3 is 10.3 Å². The number of nitrogens with zero attached hydrogens (tertiary/aromatic N) is 1. The lowest BCUT2D eigenvalue weighted by molar-refractivity contribution is 0.431. The van der Waals surface area contributed by atoms with Crippen molar-refractivity contribution >= 4 is 10.0 Å². The Labute approximate surface area is 129 Å². The van der Waals surface area contributed by atoms with E-state index in [1.807, 2.05) is 0 Å². The van der Waals surface area contributed by atoms with E-state index in [4.69, 9.17) is 10.3 Å². The molecule has 3 rings (SSSR count). The topological polar surface area (TPSA) is 98.2 Å². The Hall–Kier alpha value is -1.70. The highest BCUT2D eigenvalue weighted by molar-refractivity contribution is 7.89. The van der Waals surface area contributed by atoms with Gasteiger partial charge in [0.2, 0.25) is 10.0 Å². The summed E-state index contributed by atoms with van der Waals surface area (Å²) in [5.41, 5.74) is 6.24. The van der Waals surface area contributed by atoms with Crippen LogP contribution in [0.15, 0.2) is 45.9 Å². The largest absolute Gasteiger partial charge is 0.356 e. The van der Waals surface area contributed by atoms with Crippen LogP contribution in [-0.2, 0) is 10.0 Å². The van der Waals surface area contributed by atoms with Gasteiger partial charge in [-0.1, -0.05) is 23.7 Å². The first-order valence-corrected chi connectivity index (χ1v) is 8.82. The van der Waals surface area contributed by atoms with E-state index in [0.717, 1.165) is 19.3 Å². The average molecular weight is 321 g/mol. The molecule has 1 aliphatic rings. The van der Waals surface area contributed by atoms with Crippen LogP contribution < -0.4 is 10.5 Å². The van der Waals surface area contributed by atoms with Crippen molar-refractivity contribution in [1.29, 1.82) is 0 Å². The van der Waals surface area contributed by atoms with Crippen molar-refractivity contribution in [3.63, 3.8) is 0 Å². The highest BCUT2D eigenvalue weighted by Gasteiger charge is 2.31. The molecule has 22 heavy (non-hydrogen) atoms. The summed E-state index contributed by atoms with van der Waals surface area (Å²) >= 11 is 0. The Morgan fingerprint density at radius 1 is 1.27 bits per heavy atom. The Kier molecular flexibility index (Phi) is 4.28. The summed E-state index contributed by atoms with van der Waals surface area (Å²) in [6.07, 6.45) is 4.28. The van der Waals surface area contributed by atoms with Crippen LogP contribution >= 0.6 is 0 Å². The summed E-state index contributed by atoms with van der Waals surface area (Å²) in [5, 5.41) is 3.64. The van der Waals surface area contributed by atoms with Crippen LogP contribution in [0.25, 0.3) is 11.3 Å². The zero-order valence-electron chi connectivity index (χ0n) is 12.1. The molecule has 0 amide bonds. The van der Waals surface area contributed by atoms with Crippen LogP contribution in [0.2, 0.25) is 0 Å². The second-order valence-corrected chi connectivity index (χ2v) is 7.21. The number of nitrogens with two attached hydrogens (primary N) is 1. The van der Waals surface area contributed by atoms with Gasteiger partial charge in [0.25, 0.3) is 0 Å². The first-order valence-electron chi connectivity index (χ1n) is 7.34. The maximum absolute atomic E-state index is 12.8. The van der Waals surface area contributed by atoms with Crippen LogP contribution in [0.4, 0.5) is 0 Å².